The van der Waals surface area contributed by atoms with Gasteiger partial charge in [-0.25, -0.2) is 4.98 Å². The van der Waals surface area contributed by atoms with Crippen LogP contribution in [0.1, 0.15) is 55.3 Å². The van der Waals surface area contributed by atoms with Gasteiger partial charge in [0.25, 0.3) is 0 Å². The van der Waals surface area contributed by atoms with E-state index >= 15 is 0 Å². The molecule has 1 N–H and O–H groups in total. The van der Waals surface area contributed by atoms with Crippen LogP contribution in [0, 0.1) is 0 Å². The lowest BCUT2D eigenvalue weighted by Gasteiger charge is -2.19. The second-order valence-corrected chi connectivity index (χ2v) is 7.75. The molecule has 1 saturated heterocycles. The molecule has 2 rings (SSSR count). The molecule has 1 aliphatic heterocycles. The lowest BCUT2D eigenvalue weighted by Crippen LogP contribution is -2.22. The number of nitrogens with zero attached hydrogens (tertiary/aromatic N) is 1. The average Bonchev–Trinajstić information content (AvgIpc) is 2.81. The minimum absolute atomic E-state index is 0.203. The Balaban J connectivity index is 2.13. The zero-order chi connectivity index (χ0) is 13.8. The number of nitrogens with one attached hydrogen (secondary N) is 1. The SMILES string of the molecule is CC(C)NCc1sc(C2CSCCO2)nc1C(C)C. The molecule has 108 valence electrons. The Morgan fingerprint density at radius 3 is 2.74 bits per heavy atom. The quantitative estimate of drug-likeness (QED) is 0.901. The van der Waals surface area contributed by atoms with Crippen LogP contribution < -0.4 is 5.32 Å². The summed E-state index contributed by atoms with van der Waals surface area (Å²) < 4.78 is 5.84. The summed E-state index contributed by atoms with van der Waals surface area (Å²) in [5.74, 6) is 2.63. The van der Waals surface area contributed by atoms with Crippen LogP contribution in [0.25, 0.3) is 0 Å². The maximum absolute atomic E-state index is 5.84. The predicted octanol–water partition coefficient (Wildman–Crippen LogP) is 3.57. The third-order valence-electron chi connectivity index (χ3n) is 3.05. The fourth-order valence-electron chi connectivity index (χ4n) is 2.03. The van der Waals surface area contributed by atoms with E-state index in [4.69, 9.17) is 9.72 Å². The van der Waals surface area contributed by atoms with Crippen molar-refractivity contribution >= 4 is 23.1 Å². The molecule has 3 nitrogen and oxygen atoms in total. The third-order valence-corrected chi connectivity index (χ3v) is 5.21. The van der Waals surface area contributed by atoms with Gasteiger partial charge in [-0.2, -0.15) is 11.8 Å². The molecule has 1 fully saturated rings. The number of thiazole rings is 1. The van der Waals surface area contributed by atoms with Gasteiger partial charge in [-0.3, -0.25) is 0 Å². The first-order valence-corrected chi connectivity index (χ1v) is 8.97. The number of thioether (sulfide) groups is 1. The second kappa shape index (κ2) is 7.07. The minimum atomic E-state index is 0.203. The Kier molecular flexibility index (Phi) is 5.69. The van der Waals surface area contributed by atoms with Crippen molar-refractivity contribution in [3.05, 3.63) is 15.6 Å². The second-order valence-electron chi connectivity index (χ2n) is 5.49. The molecule has 1 aromatic rings. The summed E-state index contributed by atoms with van der Waals surface area (Å²) in [6.45, 7) is 10.6. The summed E-state index contributed by atoms with van der Waals surface area (Å²) in [6, 6.07) is 0.507. The van der Waals surface area contributed by atoms with E-state index in [1.54, 1.807) is 0 Å². The molecule has 19 heavy (non-hydrogen) atoms. The Bertz CT molecular complexity index is 398. The van der Waals surface area contributed by atoms with Crippen molar-refractivity contribution in [2.24, 2.45) is 0 Å². The normalized spacial score (nSPS) is 20.4. The zero-order valence-electron chi connectivity index (χ0n) is 12.2. The Labute approximate surface area is 124 Å². The first-order chi connectivity index (χ1) is 9.08. The van der Waals surface area contributed by atoms with Crippen LogP contribution in [0.4, 0.5) is 0 Å². The Morgan fingerprint density at radius 1 is 1.37 bits per heavy atom. The molecule has 1 aromatic heterocycles. The first kappa shape index (κ1) is 15.3. The van der Waals surface area contributed by atoms with Crippen LogP contribution in [0.3, 0.4) is 0 Å². The molecule has 5 heteroatoms. The fraction of sp³-hybridized carbons (Fsp3) is 0.786. The molecular weight excluding hydrogens is 276 g/mol. The molecule has 1 aliphatic rings. The molecule has 1 unspecified atom stereocenters. The van der Waals surface area contributed by atoms with Crippen LogP contribution in [0.5, 0.6) is 0 Å². The van der Waals surface area contributed by atoms with Crippen molar-refractivity contribution < 1.29 is 4.74 Å². The molecule has 0 spiro atoms. The highest BCUT2D eigenvalue weighted by atomic mass is 32.2. The maximum Gasteiger partial charge on any atom is 0.123 e. The van der Waals surface area contributed by atoms with Gasteiger partial charge in [0.2, 0.25) is 0 Å². The highest BCUT2D eigenvalue weighted by molar-refractivity contribution is 7.99. The van der Waals surface area contributed by atoms with Crippen LogP contribution in [-0.2, 0) is 11.3 Å². The van der Waals surface area contributed by atoms with E-state index < -0.39 is 0 Å². The summed E-state index contributed by atoms with van der Waals surface area (Å²) in [4.78, 5) is 6.22. The van der Waals surface area contributed by atoms with Crippen LogP contribution in [0.2, 0.25) is 0 Å². The first-order valence-electron chi connectivity index (χ1n) is 7.00. The minimum Gasteiger partial charge on any atom is -0.369 e. The summed E-state index contributed by atoms with van der Waals surface area (Å²) in [5, 5.41) is 4.66. The molecule has 0 radical (unpaired) electrons. The van der Waals surface area contributed by atoms with Gasteiger partial charge >= 0.3 is 0 Å². The van der Waals surface area contributed by atoms with E-state index in [1.165, 1.54) is 10.6 Å². The van der Waals surface area contributed by atoms with Crippen molar-refractivity contribution in [1.82, 2.24) is 10.3 Å². The molecule has 0 aliphatic carbocycles. The molecule has 1 atom stereocenters. The van der Waals surface area contributed by atoms with Crippen LogP contribution in [0.15, 0.2) is 0 Å². The van der Waals surface area contributed by atoms with Crippen molar-refractivity contribution in [3.8, 4) is 0 Å². The zero-order valence-corrected chi connectivity index (χ0v) is 13.9. The Hall–Kier alpha value is -0.100. The van der Waals surface area contributed by atoms with Gasteiger partial charge in [0.05, 0.1) is 12.3 Å². The van der Waals surface area contributed by atoms with Gasteiger partial charge < -0.3 is 10.1 Å². The summed E-state index contributed by atoms with van der Waals surface area (Å²) in [6.07, 6.45) is 0.203. The fourth-order valence-corrected chi connectivity index (χ4v) is 4.20. The van der Waals surface area contributed by atoms with E-state index in [2.05, 4.69) is 33.0 Å². The lowest BCUT2D eigenvalue weighted by atomic mass is 10.1. The van der Waals surface area contributed by atoms with Gasteiger partial charge in [-0.1, -0.05) is 27.7 Å². The van der Waals surface area contributed by atoms with Crippen molar-refractivity contribution in [2.75, 3.05) is 18.1 Å². The largest absolute Gasteiger partial charge is 0.369 e. The summed E-state index contributed by atoms with van der Waals surface area (Å²) in [5.41, 5.74) is 1.24. The van der Waals surface area contributed by atoms with E-state index in [0.717, 1.165) is 29.7 Å². The van der Waals surface area contributed by atoms with Crippen molar-refractivity contribution in [3.63, 3.8) is 0 Å². The number of hydrogen-bond acceptors (Lipinski definition) is 5. The van der Waals surface area contributed by atoms with Gasteiger partial charge in [0.1, 0.15) is 11.1 Å². The highest BCUT2D eigenvalue weighted by Crippen LogP contribution is 2.33. The standard InChI is InChI=1S/C14H24N2OS2/c1-9(2)13-12(7-15-10(3)4)19-14(16-13)11-8-18-6-5-17-11/h9-11,15H,5-8H2,1-4H3. The van der Waals surface area contributed by atoms with Gasteiger partial charge in [-0.05, 0) is 5.92 Å². The molecule has 0 amide bonds. The van der Waals surface area contributed by atoms with Crippen molar-refractivity contribution in [1.29, 1.82) is 0 Å². The molecular formula is C14H24N2OS2. The Morgan fingerprint density at radius 2 is 2.16 bits per heavy atom. The molecule has 0 aromatic carbocycles. The summed E-state index contributed by atoms with van der Waals surface area (Å²) in [7, 11) is 0. The smallest absolute Gasteiger partial charge is 0.123 e. The summed E-state index contributed by atoms with van der Waals surface area (Å²) >= 11 is 3.79. The molecule has 0 saturated carbocycles. The topological polar surface area (TPSA) is 34.1 Å². The van der Waals surface area contributed by atoms with E-state index in [0.29, 0.717) is 12.0 Å². The maximum atomic E-state index is 5.84. The number of aromatic nitrogens is 1. The molecule has 0 bridgehead atoms. The van der Waals surface area contributed by atoms with E-state index in [1.807, 2.05) is 23.1 Å². The highest BCUT2D eigenvalue weighted by Gasteiger charge is 2.23. The predicted molar refractivity (Wildman–Crippen MR) is 84.2 cm³/mol. The number of ether oxygens (including phenoxy) is 1. The van der Waals surface area contributed by atoms with Crippen molar-refractivity contribution in [2.45, 2.75) is 52.3 Å². The monoisotopic (exact) mass is 300 g/mol. The average molecular weight is 300 g/mol. The van der Waals surface area contributed by atoms with Gasteiger partial charge in [0.15, 0.2) is 0 Å². The van der Waals surface area contributed by atoms with Crippen LogP contribution in [-0.4, -0.2) is 29.1 Å². The van der Waals surface area contributed by atoms with Gasteiger partial charge in [-0.15, -0.1) is 11.3 Å². The van der Waals surface area contributed by atoms with Crippen LogP contribution >= 0.6 is 23.1 Å². The lowest BCUT2D eigenvalue weighted by molar-refractivity contribution is 0.0754. The van der Waals surface area contributed by atoms with Gasteiger partial charge in [0, 0.05) is 29.0 Å². The molecule has 2 heterocycles. The van der Waals surface area contributed by atoms with E-state index in [-0.39, 0.29) is 6.10 Å². The van der Waals surface area contributed by atoms with E-state index in [9.17, 15) is 0 Å². The number of hydrogen-bond donors (Lipinski definition) is 1. The third kappa shape index (κ3) is 4.18. The number of rotatable bonds is 5.